The highest BCUT2D eigenvalue weighted by molar-refractivity contribution is 7.12. The lowest BCUT2D eigenvalue weighted by molar-refractivity contribution is -0.116. The van der Waals surface area contributed by atoms with Gasteiger partial charge in [-0.3, -0.25) is 9.36 Å². The van der Waals surface area contributed by atoms with Crippen LogP contribution in [0.5, 0.6) is 0 Å². The van der Waals surface area contributed by atoms with E-state index < -0.39 is 11.7 Å². The molecule has 3 rings (SSSR count). The van der Waals surface area contributed by atoms with Gasteiger partial charge < -0.3 is 14.5 Å². The number of fused-ring (bicyclic) bond motifs is 1. The molecule has 0 aliphatic rings. The number of hydrogen-bond acceptors (Lipinski definition) is 6. The molecule has 0 fully saturated rings. The number of methoxy groups -OCH3 is 1. The van der Waals surface area contributed by atoms with Crippen molar-refractivity contribution in [2.75, 3.05) is 12.4 Å². The molecule has 2 aromatic heterocycles. The molecule has 0 aliphatic heterocycles. The van der Waals surface area contributed by atoms with Gasteiger partial charge in [-0.05, 0) is 30.0 Å². The summed E-state index contributed by atoms with van der Waals surface area (Å²) in [6.07, 6.45) is 0.676. The van der Waals surface area contributed by atoms with E-state index in [9.17, 15) is 14.4 Å². The van der Waals surface area contributed by atoms with Gasteiger partial charge in [-0.15, -0.1) is 11.3 Å². The maximum absolute atomic E-state index is 12.1. The summed E-state index contributed by atoms with van der Waals surface area (Å²) in [6, 6.07) is 8.80. The van der Waals surface area contributed by atoms with Crippen molar-refractivity contribution in [3.05, 3.63) is 51.1 Å². The van der Waals surface area contributed by atoms with E-state index in [4.69, 9.17) is 4.42 Å². The van der Waals surface area contributed by atoms with Crippen LogP contribution >= 0.6 is 11.3 Å². The molecule has 1 N–H and O–H groups in total. The predicted octanol–water partition coefficient (Wildman–Crippen LogP) is 2.86. The Bertz CT molecular complexity index is 969. The molecule has 0 unspecified atom stereocenters. The molecule has 0 spiro atoms. The van der Waals surface area contributed by atoms with Crippen LogP contribution in [0.2, 0.25) is 0 Å². The van der Waals surface area contributed by atoms with E-state index in [1.165, 1.54) is 23.0 Å². The fourth-order valence-electron chi connectivity index (χ4n) is 2.49. The predicted molar refractivity (Wildman–Crippen MR) is 94.0 cm³/mol. The van der Waals surface area contributed by atoms with Crippen molar-refractivity contribution in [1.82, 2.24) is 4.57 Å². The first-order valence-electron chi connectivity index (χ1n) is 7.64. The highest BCUT2D eigenvalue weighted by atomic mass is 32.1. The van der Waals surface area contributed by atoms with Crippen LogP contribution in [0, 0.1) is 0 Å². The van der Waals surface area contributed by atoms with Gasteiger partial charge in [0.15, 0.2) is 5.58 Å². The largest absolute Gasteiger partial charge is 0.465 e. The maximum Gasteiger partial charge on any atom is 0.419 e. The summed E-state index contributed by atoms with van der Waals surface area (Å²) in [4.78, 5) is 35.9. The minimum absolute atomic E-state index is 0.211. The minimum atomic E-state index is -0.485. The first-order chi connectivity index (χ1) is 12.1. The van der Waals surface area contributed by atoms with Crippen molar-refractivity contribution < 1.29 is 18.7 Å². The zero-order valence-electron chi connectivity index (χ0n) is 13.5. The van der Waals surface area contributed by atoms with Crippen molar-refractivity contribution in [3.8, 4) is 0 Å². The first-order valence-corrected chi connectivity index (χ1v) is 8.52. The maximum atomic E-state index is 12.1. The Labute approximate surface area is 146 Å². The molecule has 0 radical (unpaired) electrons. The van der Waals surface area contributed by atoms with Crippen LogP contribution in [-0.2, 0) is 16.1 Å². The van der Waals surface area contributed by atoms with Gasteiger partial charge in [0.25, 0.3) is 0 Å². The van der Waals surface area contributed by atoms with Crippen LogP contribution in [0.3, 0.4) is 0 Å². The van der Waals surface area contributed by atoms with Gasteiger partial charge in [0.2, 0.25) is 5.91 Å². The molecule has 8 heteroatoms. The molecule has 0 aliphatic carbocycles. The average molecular weight is 360 g/mol. The molecule has 1 aromatic carbocycles. The standard InChI is InChI=1S/C17H16N2O5S/c1-23-16(21)15-11(8-10-25-15)18-14(20)7-4-9-19-12-5-2-3-6-13(12)24-17(19)22/h2-3,5-6,8,10H,4,7,9H2,1H3,(H,18,20). The van der Waals surface area contributed by atoms with E-state index in [0.717, 1.165) is 0 Å². The lowest BCUT2D eigenvalue weighted by Gasteiger charge is -2.06. The molecule has 25 heavy (non-hydrogen) atoms. The molecular weight excluding hydrogens is 344 g/mol. The van der Waals surface area contributed by atoms with E-state index in [1.807, 2.05) is 6.07 Å². The first kappa shape index (κ1) is 17.0. The number of aryl methyl sites for hydroxylation is 1. The number of carbonyl (C=O) groups excluding carboxylic acids is 2. The number of aromatic nitrogens is 1. The summed E-state index contributed by atoms with van der Waals surface area (Å²) in [7, 11) is 1.29. The van der Waals surface area contributed by atoms with E-state index in [0.29, 0.717) is 34.6 Å². The molecule has 130 valence electrons. The highest BCUT2D eigenvalue weighted by Crippen LogP contribution is 2.23. The molecule has 0 bridgehead atoms. The second-order valence-corrected chi connectivity index (χ2v) is 6.21. The van der Waals surface area contributed by atoms with E-state index in [1.54, 1.807) is 29.6 Å². The summed E-state index contributed by atoms with van der Waals surface area (Å²) in [5, 5.41) is 4.40. The third kappa shape index (κ3) is 3.63. The van der Waals surface area contributed by atoms with Gasteiger partial charge in [-0.25, -0.2) is 9.59 Å². The fourth-order valence-corrected chi connectivity index (χ4v) is 3.26. The number of esters is 1. The smallest absolute Gasteiger partial charge is 0.419 e. The number of nitrogens with zero attached hydrogens (tertiary/aromatic N) is 1. The lowest BCUT2D eigenvalue weighted by atomic mass is 10.2. The Balaban J connectivity index is 1.60. The molecule has 1 amide bonds. The van der Waals surface area contributed by atoms with Crippen molar-refractivity contribution in [2.45, 2.75) is 19.4 Å². The number of hydrogen-bond donors (Lipinski definition) is 1. The number of thiophene rings is 1. The van der Waals surface area contributed by atoms with E-state index in [-0.39, 0.29) is 12.3 Å². The summed E-state index contributed by atoms with van der Waals surface area (Å²) >= 11 is 1.20. The number of rotatable bonds is 6. The normalized spacial score (nSPS) is 10.8. The second kappa shape index (κ2) is 7.35. The van der Waals surface area contributed by atoms with Gasteiger partial charge in [0.05, 0.1) is 18.3 Å². The van der Waals surface area contributed by atoms with Crippen molar-refractivity contribution in [3.63, 3.8) is 0 Å². The zero-order valence-corrected chi connectivity index (χ0v) is 14.3. The molecule has 0 saturated carbocycles. The van der Waals surface area contributed by atoms with Gasteiger partial charge in [0.1, 0.15) is 4.88 Å². The average Bonchev–Trinajstić information content (AvgIpc) is 3.18. The second-order valence-electron chi connectivity index (χ2n) is 5.29. The van der Waals surface area contributed by atoms with Crippen LogP contribution in [0.25, 0.3) is 11.1 Å². The third-order valence-electron chi connectivity index (χ3n) is 3.67. The third-order valence-corrected chi connectivity index (χ3v) is 4.56. The summed E-state index contributed by atoms with van der Waals surface area (Å²) in [5.41, 5.74) is 1.67. The number of amides is 1. The minimum Gasteiger partial charge on any atom is -0.465 e. The molecule has 7 nitrogen and oxygen atoms in total. The monoisotopic (exact) mass is 360 g/mol. The number of nitrogens with one attached hydrogen (secondary N) is 1. The summed E-state index contributed by atoms with van der Waals surface area (Å²) < 4.78 is 11.3. The Morgan fingerprint density at radius 2 is 2.08 bits per heavy atom. The number of carbonyl (C=O) groups is 2. The zero-order chi connectivity index (χ0) is 17.8. The van der Waals surface area contributed by atoms with Crippen molar-refractivity contribution >= 4 is 40.0 Å². The SMILES string of the molecule is COC(=O)c1sccc1NC(=O)CCCn1c(=O)oc2ccccc21. The number of anilines is 1. The van der Waals surface area contributed by atoms with Crippen LogP contribution < -0.4 is 11.1 Å². The van der Waals surface area contributed by atoms with E-state index in [2.05, 4.69) is 10.1 Å². The number of ether oxygens (including phenoxy) is 1. The van der Waals surface area contributed by atoms with Gasteiger partial charge in [-0.1, -0.05) is 12.1 Å². The highest BCUT2D eigenvalue weighted by Gasteiger charge is 2.15. The lowest BCUT2D eigenvalue weighted by Crippen LogP contribution is -2.17. The Morgan fingerprint density at radius 1 is 1.28 bits per heavy atom. The number of oxazole rings is 1. The van der Waals surface area contributed by atoms with Gasteiger partial charge in [-0.2, -0.15) is 0 Å². The molecule has 0 atom stereocenters. The van der Waals surface area contributed by atoms with Crippen molar-refractivity contribution in [2.24, 2.45) is 0 Å². The number of para-hydroxylation sites is 2. The quantitative estimate of drug-likeness (QED) is 0.683. The van der Waals surface area contributed by atoms with Gasteiger partial charge in [0, 0.05) is 13.0 Å². The molecular formula is C17H16N2O5S. The Morgan fingerprint density at radius 3 is 2.88 bits per heavy atom. The molecule has 3 aromatic rings. The summed E-state index contributed by atoms with van der Waals surface area (Å²) in [5.74, 6) is -1.15. The Kier molecular flexibility index (Phi) is 4.99. The Hall–Kier alpha value is -2.87. The molecule has 2 heterocycles. The number of benzene rings is 1. The topological polar surface area (TPSA) is 90.5 Å². The van der Waals surface area contributed by atoms with E-state index >= 15 is 0 Å². The van der Waals surface area contributed by atoms with Crippen LogP contribution in [0.15, 0.2) is 44.9 Å². The molecule has 0 saturated heterocycles. The van der Waals surface area contributed by atoms with Crippen LogP contribution in [0.1, 0.15) is 22.5 Å². The van der Waals surface area contributed by atoms with Gasteiger partial charge >= 0.3 is 11.7 Å². The van der Waals surface area contributed by atoms with Crippen LogP contribution in [0.4, 0.5) is 5.69 Å². The van der Waals surface area contributed by atoms with Crippen LogP contribution in [-0.4, -0.2) is 23.6 Å². The van der Waals surface area contributed by atoms with Crippen molar-refractivity contribution in [1.29, 1.82) is 0 Å². The fraction of sp³-hybridized carbons (Fsp3) is 0.235. The summed E-state index contributed by atoms with van der Waals surface area (Å²) in [6.45, 7) is 0.372.